The molecule has 2 aromatic heterocycles. The van der Waals surface area contributed by atoms with Crippen molar-refractivity contribution in [3.05, 3.63) is 60.5 Å². The number of carbonyl (C=O) groups excluding carboxylic acids is 3. The van der Waals surface area contributed by atoms with Gasteiger partial charge >= 0.3 is 0 Å². The largest absolute Gasteiger partial charge is 0.451 e. The van der Waals surface area contributed by atoms with E-state index in [0.29, 0.717) is 16.3 Å². The molecule has 3 atom stereocenters. The molecule has 1 aliphatic heterocycles. The number of furan rings is 1. The minimum absolute atomic E-state index is 0.00421. The van der Waals surface area contributed by atoms with Crippen LogP contribution in [0.2, 0.25) is 0 Å². The SMILES string of the molecule is CC(C)C[C@H](NC(=O)c1cc2ccccc2o1)C(=O)N([C@@H]1CC[C@@H](C)NCC1=O)S(=O)(=O)c1ccccn1. The molecule has 3 heterocycles. The van der Waals surface area contributed by atoms with E-state index in [1.165, 1.54) is 18.3 Å². The maximum absolute atomic E-state index is 14.1. The van der Waals surface area contributed by atoms with Gasteiger partial charge in [0.25, 0.3) is 21.8 Å². The van der Waals surface area contributed by atoms with Crippen molar-refractivity contribution in [2.45, 2.75) is 63.2 Å². The van der Waals surface area contributed by atoms with E-state index in [1.807, 2.05) is 26.8 Å². The molecule has 1 saturated heterocycles. The second-order valence-electron chi connectivity index (χ2n) is 9.95. The predicted molar refractivity (Wildman–Crippen MR) is 141 cm³/mol. The van der Waals surface area contributed by atoms with Crippen molar-refractivity contribution in [3.63, 3.8) is 0 Å². The highest BCUT2D eigenvalue weighted by atomic mass is 32.2. The van der Waals surface area contributed by atoms with E-state index in [-0.39, 0.29) is 42.1 Å². The molecule has 0 bridgehead atoms. The average Bonchev–Trinajstić information content (AvgIpc) is 3.26. The predicted octanol–water partition coefficient (Wildman–Crippen LogP) is 2.90. The molecule has 1 aromatic carbocycles. The number of nitrogens with zero attached hydrogens (tertiary/aromatic N) is 2. The highest BCUT2D eigenvalue weighted by Crippen LogP contribution is 2.25. The third-order valence-corrected chi connectivity index (χ3v) is 8.21. The molecule has 11 heteroatoms. The second-order valence-corrected chi connectivity index (χ2v) is 11.7. The molecule has 0 saturated carbocycles. The number of para-hydroxylation sites is 1. The van der Waals surface area contributed by atoms with Crippen molar-refractivity contribution in [1.29, 1.82) is 0 Å². The maximum atomic E-state index is 14.1. The lowest BCUT2D eigenvalue weighted by Gasteiger charge is -2.32. The summed E-state index contributed by atoms with van der Waals surface area (Å²) >= 11 is 0. The van der Waals surface area contributed by atoms with Gasteiger partial charge in [0.05, 0.1) is 6.54 Å². The van der Waals surface area contributed by atoms with Crippen molar-refractivity contribution >= 4 is 38.6 Å². The summed E-state index contributed by atoms with van der Waals surface area (Å²) in [7, 11) is -4.52. The van der Waals surface area contributed by atoms with E-state index in [1.54, 1.807) is 30.3 Å². The molecule has 202 valence electrons. The average molecular weight is 541 g/mol. The van der Waals surface area contributed by atoms with Crippen LogP contribution in [0.15, 0.2) is 64.2 Å². The number of ketones is 1. The Morgan fingerprint density at radius 2 is 1.89 bits per heavy atom. The molecule has 1 fully saturated rings. The molecule has 10 nitrogen and oxygen atoms in total. The quantitative estimate of drug-likeness (QED) is 0.445. The summed E-state index contributed by atoms with van der Waals surface area (Å²) in [5.41, 5.74) is 0.509. The lowest BCUT2D eigenvalue weighted by atomic mass is 10.0. The molecule has 1 aliphatic rings. The Labute approximate surface area is 221 Å². The highest BCUT2D eigenvalue weighted by Gasteiger charge is 2.44. The van der Waals surface area contributed by atoms with Crippen LogP contribution in [0.3, 0.4) is 0 Å². The number of carbonyl (C=O) groups is 3. The number of pyridine rings is 1. The standard InChI is InChI=1S/C27H32N4O6S/c1-17(2)14-20(30-26(33)24-15-19-8-4-5-9-23(19)37-24)27(34)31(21-12-11-18(3)29-16-22(21)32)38(35,36)25-10-6-7-13-28-25/h4-10,13,15,17-18,20-21,29H,11-12,14,16H2,1-3H3,(H,30,33)/t18-,20+,21-/m1/s1. The number of fused-ring (bicyclic) bond motifs is 1. The Morgan fingerprint density at radius 3 is 2.58 bits per heavy atom. The third-order valence-electron chi connectivity index (χ3n) is 6.49. The number of Topliss-reactive ketones (excluding diaryl/α,β-unsaturated/α-hetero) is 1. The molecule has 0 spiro atoms. The van der Waals surface area contributed by atoms with Crippen LogP contribution in [0.25, 0.3) is 11.0 Å². The normalized spacial score (nSPS) is 19.2. The van der Waals surface area contributed by atoms with Crippen molar-refractivity contribution in [1.82, 2.24) is 19.9 Å². The molecular formula is C27H32N4O6S. The van der Waals surface area contributed by atoms with Gasteiger partial charge in [0, 0.05) is 17.6 Å². The number of hydrogen-bond donors (Lipinski definition) is 2. The van der Waals surface area contributed by atoms with Gasteiger partial charge in [0.1, 0.15) is 17.7 Å². The first-order chi connectivity index (χ1) is 18.1. The molecule has 3 aromatic rings. The first-order valence-electron chi connectivity index (χ1n) is 12.6. The van der Waals surface area contributed by atoms with Gasteiger partial charge < -0.3 is 15.1 Å². The van der Waals surface area contributed by atoms with Crippen LogP contribution in [0.5, 0.6) is 0 Å². The molecule has 2 N–H and O–H groups in total. The maximum Gasteiger partial charge on any atom is 0.287 e. The fourth-order valence-corrected chi connectivity index (χ4v) is 6.09. The minimum Gasteiger partial charge on any atom is -0.451 e. The van der Waals surface area contributed by atoms with E-state index < -0.39 is 39.7 Å². The van der Waals surface area contributed by atoms with Crippen molar-refractivity contribution in [2.75, 3.05) is 6.54 Å². The van der Waals surface area contributed by atoms with E-state index in [9.17, 15) is 22.8 Å². The monoisotopic (exact) mass is 540 g/mol. The van der Waals surface area contributed by atoms with E-state index >= 15 is 0 Å². The third kappa shape index (κ3) is 5.94. The lowest BCUT2D eigenvalue weighted by molar-refractivity contribution is -0.135. The van der Waals surface area contributed by atoms with Crippen LogP contribution in [0, 0.1) is 5.92 Å². The summed E-state index contributed by atoms with van der Waals surface area (Å²) < 4.78 is 33.9. The van der Waals surface area contributed by atoms with Gasteiger partial charge in [-0.2, -0.15) is 8.42 Å². The first-order valence-corrected chi connectivity index (χ1v) is 14.1. The number of benzene rings is 1. The van der Waals surface area contributed by atoms with Crippen LogP contribution < -0.4 is 10.6 Å². The van der Waals surface area contributed by atoms with E-state index in [4.69, 9.17) is 4.42 Å². The van der Waals surface area contributed by atoms with Gasteiger partial charge in [0.2, 0.25) is 0 Å². The molecular weight excluding hydrogens is 508 g/mol. The lowest BCUT2D eigenvalue weighted by Crippen LogP contribution is -2.56. The van der Waals surface area contributed by atoms with Gasteiger partial charge in [0.15, 0.2) is 16.6 Å². The molecule has 0 radical (unpaired) electrons. The number of hydrogen-bond acceptors (Lipinski definition) is 8. The van der Waals surface area contributed by atoms with Crippen LogP contribution in [-0.2, 0) is 19.6 Å². The Bertz CT molecular complexity index is 1390. The van der Waals surface area contributed by atoms with E-state index in [2.05, 4.69) is 15.6 Å². The summed E-state index contributed by atoms with van der Waals surface area (Å²) in [5.74, 6) is -2.05. The summed E-state index contributed by atoms with van der Waals surface area (Å²) in [5, 5.41) is 6.10. The van der Waals surface area contributed by atoms with Crippen molar-refractivity contribution < 1.29 is 27.2 Å². The summed E-state index contributed by atoms with van der Waals surface area (Å²) in [6, 6.07) is 10.5. The minimum atomic E-state index is -4.52. The molecule has 0 aliphatic carbocycles. The molecule has 2 amide bonds. The zero-order valence-electron chi connectivity index (χ0n) is 21.6. The van der Waals surface area contributed by atoms with Crippen LogP contribution in [0.4, 0.5) is 0 Å². The zero-order valence-corrected chi connectivity index (χ0v) is 22.4. The van der Waals surface area contributed by atoms with Gasteiger partial charge in [-0.05, 0) is 56.4 Å². The number of aromatic nitrogens is 1. The first kappa shape index (κ1) is 27.5. The number of nitrogens with one attached hydrogen (secondary N) is 2. The Hall–Kier alpha value is -3.57. The van der Waals surface area contributed by atoms with Crippen molar-refractivity contribution in [2.24, 2.45) is 5.92 Å². The number of amides is 2. The Balaban J connectivity index is 1.72. The fourth-order valence-electron chi connectivity index (χ4n) is 4.52. The number of rotatable bonds is 8. The van der Waals surface area contributed by atoms with Gasteiger partial charge in [-0.1, -0.05) is 38.1 Å². The molecule has 38 heavy (non-hydrogen) atoms. The smallest absolute Gasteiger partial charge is 0.287 e. The van der Waals surface area contributed by atoms with Gasteiger partial charge in [-0.25, -0.2) is 9.29 Å². The van der Waals surface area contributed by atoms with Gasteiger partial charge in [-0.15, -0.1) is 0 Å². The van der Waals surface area contributed by atoms with E-state index in [0.717, 1.165) is 5.39 Å². The topological polar surface area (TPSA) is 139 Å². The summed E-state index contributed by atoms with van der Waals surface area (Å²) in [4.78, 5) is 44.3. The number of sulfonamides is 1. The summed E-state index contributed by atoms with van der Waals surface area (Å²) in [6.45, 7) is 5.53. The Morgan fingerprint density at radius 1 is 1.16 bits per heavy atom. The molecule has 0 unspecified atom stereocenters. The fraction of sp³-hybridized carbons (Fsp3) is 0.407. The van der Waals surface area contributed by atoms with Gasteiger partial charge in [-0.3, -0.25) is 14.4 Å². The second kappa shape index (κ2) is 11.4. The molecule has 4 rings (SSSR count). The van der Waals surface area contributed by atoms with Crippen molar-refractivity contribution in [3.8, 4) is 0 Å². The van der Waals surface area contributed by atoms with Crippen LogP contribution in [0.1, 0.15) is 50.6 Å². The highest BCUT2D eigenvalue weighted by molar-refractivity contribution is 7.89. The Kier molecular flexibility index (Phi) is 8.27. The van der Waals surface area contributed by atoms with Crippen LogP contribution >= 0.6 is 0 Å². The zero-order chi connectivity index (χ0) is 27.4. The summed E-state index contributed by atoms with van der Waals surface area (Å²) in [6.07, 6.45) is 2.09. The van der Waals surface area contributed by atoms with Crippen LogP contribution in [-0.4, -0.2) is 60.0 Å².